The molecule has 0 saturated heterocycles. The van der Waals surface area contributed by atoms with Crippen LogP contribution in [0.5, 0.6) is 0 Å². The van der Waals surface area contributed by atoms with Crippen molar-refractivity contribution in [3.05, 3.63) is 36.5 Å². The third-order valence-electron chi connectivity index (χ3n) is 1.07. The minimum absolute atomic E-state index is 0.665. The van der Waals surface area contributed by atoms with Gasteiger partial charge in [-0.15, -0.1) is 0 Å². The van der Waals surface area contributed by atoms with E-state index in [1.54, 1.807) is 6.08 Å². The van der Waals surface area contributed by atoms with Crippen molar-refractivity contribution in [2.45, 2.75) is 6.92 Å². The quantitative estimate of drug-likeness (QED) is 0.369. The van der Waals surface area contributed by atoms with Crippen LogP contribution in [0, 0.1) is 0 Å². The second-order valence-electron chi connectivity index (χ2n) is 2.12. The van der Waals surface area contributed by atoms with Crippen LogP contribution in [0.4, 0.5) is 0 Å². The van der Waals surface area contributed by atoms with Gasteiger partial charge in [-0.3, -0.25) is 4.99 Å². The van der Waals surface area contributed by atoms with Crippen molar-refractivity contribution in [2.75, 3.05) is 6.54 Å². The molecule has 0 aliphatic carbocycles. The van der Waals surface area contributed by atoms with Crippen LogP contribution in [0.2, 0.25) is 0 Å². The Hall–Kier alpha value is -1.31. The lowest BCUT2D eigenvalue weighted by atomic mass is 10.3. The van der Waals surface area contributed by atoms with Gasteiger partial charge in [-0.25, -0.2) is 0 Å². The summed E-state index contributed by atoms with van der Waals surface area (Å²) in [7, 11) is 0. The van der Waals surface area contributed by atoms with Gasteiger partial charge in [-0.05, 0) is 6.92 Å². The molecule has 0 radical (unpaired) electrons. The lowest BCUT2D eigenvalue weighted by molar-refractivity contribution is 1.14. The topological polar surface area (TPSA) is 38.4 Å². The minimum Gasteiger partial charge on any atom is -0.390 e. The number of nitrogens with zero attached hydrogens (tertiary/aromatic N) is 1. The second kappa shape index (κ2) is 6.81. The maximum absolute atomic E-state index is 5.08. The van der Waals surface area contributed by atoms with E-state index in [0.717, 1.165) is 0 Å². The van der Waals surface area contributed by atoms with Crippen LogP contribution in [0.3, 0.4) is 0 Å². The summed E-state index contributed by atoms with van der Waals surface area (Å²) in [6.45, 7) is 6.22. The van der Waals surface area contributed by atoms with Crippen molar-refractivity contribution in [3.8, 4) is 0 Å². The molecule has 0 fully saturated rings. The molecular weight excluding hydrogens is 136 g/mol. The molecule has 11 heavy (non-hydrogen) atoms. The molecule has 0 aliphatic rings. The van der Waals surface area contributed by atoms with E-state index in [9.17, 15) is 0 Å². The van der Waals surface area contributed by atoms with E-state index in [4.69, 9.17) is 5.73 Å². The van der Waals surface area contributed by atoms with Crippen molar-refractivity contribution in [2.24, 2.45) is 10.7 Å². The Morgan fingerprint density at radius 3 is 2.82 bits per heavy atom. The Bertz CT molecular complexity index is 188. The first-order valence-electron chi connectivity index (χ1n) is 3.46. The third kappa shape index (κ3) is 6.58. The lowest BCUT2D eigenvalue weighted by Gasteiger charge is -1.90. The van der Waals surface area contributed by atoms with E-state index >= 15 is 0 Å². The highest BCUT2D eigenvalue weighted by Crippen LogP contribution is 1.92. The first-order chi connectivity index (χ1) is 5.31. The van der Waals surface area contributed by atoms with E-state index in [2.05, 4.69) is 11.6 Å². The largest absolute Gasteiger partial charge is 0.390 e. The summed E-state index contributed by atoms with van der Waals surface area (Å²) >= 11 is 0. The molecule has 0 aromatic carbocycles. The Kier molecular flexibility index (Phi) is 5.99. The average Bonchev–Trinajstić information content (AvgIpc) is 2.01. The smallest absolute Gasteiger partial charge is 0.0801 e. The van der Waals surface area contributed by atoms with Crippen LogP contribution in [0.1, 0.15) is 6.92 Å². The highest BCUT2D eigenvalue weighted by molar-refractivity contribution is 5.51. The zero-order chi connectivity index (χ0) is 8.53. The Balaban J connectivity index is 3.80. The summed E-state index contributed by atoms with van der Waals surface area (Å²) in [6, 6.07) is 0. The molecule has 0 rings (SSSR count). The van der Waals surface area contributed by atoms with Crippen molar-refractivity contribution < 1.29 is 0 Å². The van der Waals surface area contributed by atoms with Crippen LogP contribution in [0.25, 0.3) is 0 Å². The molecule has 0 aromatic rings. The maximum Gasteiger partial charge on any atom is 0.0801 e. The van der Waals surface area contributed by atoms with E-state index in [1.165, 1.54) is 11.9 Å². The number of aliphatic imine (C=N–C) groups is 1. The van der Waals surface area contributed by atoms with Gasteiger partial charge in [0.25, 0.3) is 0 Å². The third-order valence-corrected chi connectivity index (χ3v) is 1.07. The highest BCUT2D eigenvalue weighted by Gasteiger charge is 1.80. The van der Waals surface area contributed by atoms with Crippen molar-refractivity contribution in [3.63, 3.8) is 0 Å². The summed E-state index contributed by atoms with van der Waals surface area (Å²) in [5.74, 6) is 0. The number of hydrogen-bond acceptors (Lipinski definition) is 1. The van der Waals surface area contributed by atoms with Crippen molar-refractivity contribution >= 4 is 6.34 Å². The summed E-state index contributed by atoms with van der Waals surface area (Å²) in [6.07, 6.45) is 8.82. The monoisotopic (exact) mass is 150 g/mol. The van der Waals surface area contributed by atoms with Gasteiger partial charge >= 0.3 is 0 Å². The molecule has 0 spiro atoms. The molecule has 2 heteroatoms. The number of rotatable bonds is 4. The van der Waals surface area contributed by atoms with E-state index in [-0.39, 0.29) is 0 Å². The molecule has 0 heterocycles. The Morgan fingerprint density at radius 2 is 2.27 bits per heavy atom. The molecule has 60 valence electrons. The average molecular weight is 150 g/mol. The van der Waals surface area contributed by atoms with Gasteiger partial charge in [0.1, 0.15) is 0 Å². The highest BCUT2D eigenvalue weighted by atomic mass is 14.8. The summed E-state index contributed by atoms with van der Waals surface area (Å²) in [5, 5.41) is 0. The summed E-state index contributed by atoms with van der Waals surface area (Å²) in [4.78, 5) is 3.88. The predicted octanol–water partition coefficient (Wildman–Crippen LogP) is 1.66. The molecule has 0 unspecified atom stereocenters. The molecule has 2 nitrogen and oxygen atoms in total. The van der Waals surface area contributed by atoms with Gasteiger partial charge in [-0.1, -0.05) is 36.5 Å². The number of nitrogens with two attached hydrogens (primary N) is 1. The van der Waals surface area contributed by atoms with Crippen molar-refractivity contribution in [1.29, 1.82) is 0 Å². The Morgan fingerprint density at radius 1 is 1.55 bits per heavy atom. The molecule has 2 N–H and O–H groups in total. The Labute approximate surface area is 67.8 Å². The molecule has 0 aliphatic heterocycles. The van der Waals surface area contributed by atoms with Crippen LogP contribution in [-0.2, 0) is 0 Å². The zero-order valence-corrected chi connectivity index (χ0v) is 6.83. The molecule has 0 saturated carbocycles. The van der Waals surface area contributed by atoms with Crippen molar-refractivity contribution in [1.82, 2.24) is 0 Å². The van der Waals surface area contributed by atoms with Crippen LogP contribution in [-0.4, -0.2) is 12.9 Å². The fourth-order valence-electron chi connectivity index (χ4n) is 0.548. The molecule has 0 bridgehead atoms. The van der Waals surface area contributed by atoms with Gasteiger partial charge in [0.2, 0.25) is 0 Å². The molecule has 0 aromatic heterocycles. The van der Waals surface area contributed by atoms with Gasteiger partial charge in [0, 0.05) is 0 Å². The molecular formula is C9H14N2. The standard InChI is InChI=1S/C9H14N2/c1-3-4-5-6-9(2)7-11-8-10/h3-6,8H,1,7H2,2H3,(H2,10,11)/b5-4-,9-6+. The van der Waals surface area contributed by atoms with Gasteiger partial charge in [0.15, 0.2) is 0 Å². The van der Waals surface area contributed by atoms with E-state index in [1.807, 2.05) is 25.2 Å². The predicted molar refractivity (Wildman–Crippen MR) is 50.6 cm³/mol. The van der Waals surface area contributed by atoms with E-state index < -0.39 is 0 Å². The summed E-state index contributed by atoms with van der Waals surface area (Å²) in [5.41, 5.74) is 6.25. The fraction of sp³-hybridized carbons (Fsp3) is 0.222. The second-order valence-corrected chi connectivity index (χ2v) is 2.12. The van der Waals surface area contributed by atoms with E-state index in [0.29, 0.717) is 6.54 Å². The van der Waals surface area contributed by atoms with Crippen LogP contribution < -0.4 is 5.73 Å². The van der Waals surface area contributed by atoms with Crippen LogP contribution in [0.15, 0.2) is 41.4 Å². The first-order valence-corrected chi connectivity index (χ1v) is 3.46. The molecule has 0 amide bonds. The SMILES string of the molecule is C=C/C=C\C=C(/C)CN=CN. The normalized spacial score (nSPS) is 13.0. The fourth-order valence-corrected chi connectivity index (χ4v) is 0.548. The minimum atomic E-state index is 0.665. The number of allylic oxidation sites excluding steroid dienone is 4. The van der Waals surface area contributed by atoms with Crippen LogP contribution >= 0.6 is 0 Å². The van der Waals surface area contributed by atoms with Gasteiger partial charge in [-0.2, -0.15) is 0 Å². The maximum atomic E-state index is 5.08. The first kappa shape index (κ1) is 9.69. The van der Waals surface area contributed by atoms with Gasteiger partial charge < -0.3 is 5.73 Å². The lowest BCUT2D eigenvalue weighted by Crippen LogP contribution is -1.91. The van der Waals surface area contributed by atoms with Gasteiger partial charge in [0.05, 0.1) is 12.9 Å². The zero-order valence-electron chi connectivity index (χ0n) is 6.83. The number of hydrogen-bond donors (Lipinski definition) is 1. The molecule has 0 atom stereocenters. The summed E-state index contributed by atoms with van der Waals surface area (Å²) < 4.78 is 0.